The van der Waals surface area contributed by atoms with Crippen LogP contribution < -0.4 is 11.3 Å². The second kappa shape index (κ2) is 10.2. The minimum Gasteiger partial charge on any atom is -0.322 e. The first-order chi connectivity index (χ1) is 18.8. The summed E-state index contributed by atoms with van der Waals surface area (Å²) in [6.07, 6.45) is -5.24. The van der Waals surface area contributed by atoms with Gasteiger partial charge in [-0.3, -0.25) is 9.36 Å². The van der Waals surface area contributed by atoms with Gasteiger partial charge in [0, 0.05) is 22.3 Å². The van der Waals surface area contributed by atoms with Crippen LogP contribution in [0.25, 0.3) is 11.1 Å². The lowest BCUT2D eigenvalue weighted by molar-refractivity contribution is -0.138. The summed E-state index contributed by atoms with van der Waals surface area (Å²) < 4.78 is 72.8. The summed E-state index contributed by atoms with van der Waals surface area (Å²) in [5.41, 5.74) is 6.08. The molecule has 0 aliphatic carbocycles. The summed E-state index contributed by atoms with van der Waals surface area (Å²) in [5, 5.41) is 0.403. The van der Waals surface area contributed by atoms with Crippen LogP contribution in [0.5, 0.6) is 0 Å². The van der Waals surface area contributed by atoms with Crippen LogP contribution in [0.4, 0.5) is 22.0 Å². The Morgan fingerprint density at radius 3 is 2.20 bits per heavy atom. The van der Waals surface area contributed by atoms with E-state index in [0.717, 1.165) is 23.8 Å². The minimum absolute atomic E-state index is 0.0188. The van der Waals surface area contributed by atoms with E-state index in [2.05, 4.69) is 0 Å². The van der Waals surface area contributed by atoms with Crippen LogP contribution in [-0.2, 0) is 12.6 Å². The number of aromatic nitrogens is 1. The molecular weight excluding hydrogens is 543 g/mol. The highest BCUT2D eigenvalue weighted by Crippen LogP contribution is 2.54. The Balaban J connectivity index is 1.83. The molecule has 0 saturated carbocycles. The molecule has 3 aromatic carbocycles. The van der Waals surface area contributed by atoms with Crippen molar-refractivity contribution in [3.8, 4) is 11.1 Å². The van der Waals surface area contributed by atoms with Gasteiger partial charge in [0.2, 0.25) is 0 Å². The van der Waals surface area contributed by atoms with E-state index in [1.165, 1.54) is 34.5 Å². The van der Waals surface area contributed by atoms with Gasteiger partial charge in [0.05, 0.1) is 28.2 Å². The van der Waals surface area contributed by atoms with Crippen LogP contribution in [0.3, 0.4) is 0 Å². The lowest BCUT2D eigenvalue weighted by Gasteiger charge is -2.32. The molecule has 0 amide bonds. The molecule has 208 valence electrons. The average molecular weight is 571 g/mol. The van der Waals surface area contributed by atoms with E-state index >= 15 is 8.78 Å². The molecule has 3 nitrogen and oxygen atoms in total. The van der Waals surface area contributed by atoms with Crippen LogP contribution in [0.1, 0.15) is 53.7 Å². The zero-order valence-corrected chi connectivity index (χ0v) is 22.8. The molecule has 2 N–H and O–H groups in total. The maximum Gasteiger partial charge on any atom is 0.416 e. The lowest BCUT2D eigenvalue weighted by Crippen LogP contribution is -2.39. The van der Waals surface area contributed by atoms with E-state index in [1.807, 2.05) is 44.2 Å². The molecule has 1 aliphatic heterocycles. The monoisotopic (exact) mass is 570 g/mol. The van der Waals surface area contributed by atoms with E-state index in [9.17, 15) is 18.0 Å². The van der Waals surface area contributed by atoms with E-state index in [4.69, 9.17) is 5.73 Å². The number of nitrogens with zero attached hydrogens (tertiary/aromatic N) is 1. The van der Waals surface area contributed by atoms with E-state index in [-0.39, 0.29) is 11.1 Å². The zero-order chi connectivity index (χ0) is 29.0. The molecule has 0 fully saturated rings. The molecule has 1 aromatic heterocycles. The SMILES string of the molecule is Cc1c(Cc2c(F)cccc2C(F)(F)F)c2n(c(=O)c1-c1ccccc1F)C(C(N)c1ccccc1)C(C)(C)S2. The Morgan fingerprint density at radius 2 is 1.55 bits per heavy atom. The standard InChI is InChI=1S/C31H27F5N2OS/c1-17-20(16-21-22(31(34,35)36)13-9-15-24(21)33)29-38(28(39)25(17)19-12-7-8-14-23(19)32)27(30(2,3)40-29)26(37)18-10-5-4-6-11-18/h4-15,26-27H,16,37H2,1-3H3. The number of pyridine rings is 1. The molecule has 9 heteroatoms. The normalized spacial score (nSPS) is 17.1. The summed E-state index contributed by atoms with van der Waals surface area (Å²) in [4.78, 5) is 14.2. The predicted molar refractivity (Wildman–Crippen MR) is 147 cm³/mol. The van der Waals surface area contributed by atoms with Crippen LogP contribution in [-0.4, -0.2) is 9.31 Å². The van der Waals surface area contributed by atoms with Crippen molar-refractivity contribution in [2.75, 3.05) is 0 Å². The molecule has 2 atom stereocenters. The van der Waals surface area contributed by atoms with Gasteiger partial charge in [-0.2, -0.15) is 13.2 Å². The highest BCUT2D eigenvalue weighted by atomic mass is 32.2. The highest BCUT2D eigenvalue weighted by molar-refractivity contribution is 8.00. The van der Waals surface area contributed by atoms with Crippen LogP contribution >= 0.6 is 11.8 Å². The summed E-state index contributed by atoms with van der Waals surface area (Å²) in [5.74, 6) is -1.66. The van der Waals surface area contributed by atoms with Crippen LogP contribution in [0, 0.1) is 18.6 Å². The fourth-order valence-corrected chi connectivity index (χ4v) is 7.15. The third kappa shape index (κ3) is 4.75. The summed E-state index contributed by atoms with van der Waals surface area (Å²) in [6, 6.07) is 16.5. The van der Waals surface area contributed by atoms with Gasteiger partial charge in [-0.15, -0.1) is 0 Å². The van der Waals surface area contributed by atoms with Gasteiger partial charge in [-0.1, -0.05) is 66.4 Å². The molecule has 0 radical (unpaired) electrons. The minimum atomic E-state index is -4.79. The molecular formula is C31H27F5N2OS. The van der Waals surface area contributed by atoms with E-state index < -0.39 is 57.7 Å². The third-order valence-corrected chi connectivity index (χ3v) is 8.94. The molecule has 1 aliphatic rings. The van der Waals surface area contributed by atoms with Gasteiger partial charge < -0.3 is 5.73 Å². The molecule has 0 spiro atoms. The number of nitrogens with two attached hydrogens (primary N) is 1. The highest BCUT2D eigenvalue weighted by Gasteiger charge is 2.47. The second-order valence-electron chi connectivity index (χ2n) is 10.5. The molecule has 0 saturated heterocycles. The van der Waals surface area contributed by atoms with Crippen molar-refractivity contribution >= 4 is 11.8 Å². The fraction of sp³-hybridized carbons (Fsp3) is 0.258. The Morgan fingerprint density at radius 1 is 0.925 bits per heavy atom. The Labute approximate surface area is 232 Å². The smallest absolute Gasteiger partial charge is 0.322 e. The molecule has 2 unspecified atom stereocenters. The van der Waals surface area contributed by atoms with E-state index in [0.29, 0.717) is 16.2 Å². The van der Waals surface area contributed by atoms with Gasteiger partial charge in [0.1, 0.15) is 11.6 Å². The number of benzene rings is 3. The number of thioether (sulfide) groups is 1. The van der Waals surface area contributed by atoms with Crippen LogP contribution in [0.2, 0.25) is 0 Å². The second-order valence-corrected chi connectivity index (χ2v) is 12.1. The Hall–Kier alpha value is -3.43. The third-order valence-electron chi connectivity index (χ3n) is 7.53. The molecule has 4 aromatic rings. The van der Waals surface area contributed by atoms with Gasteiger partial charge in [0.25, 0.3) is 5.56 Å². The van der Waals surface area contributed by atoms with Crippen molar-refractivity contribution in [2.24, 2.45) is 5.73 Å². The number of rotatable bonds is 5. The van der Waals surface area contributed by atoms with Gasteiger partial charge in [0.15, 0.2) is 0 Å². The largest absolute Gasteiger partial charge is 0.416 e. The lowest BCUT2D eigenvalue weighted by atomic mass is 9.88. The van der Waals surface area contributed by atoms with Gasteiger partial charge in [-0.25, -0.2) is 8.78 Å². The predicted octanol–water partition coefficient (Wildman–Crippen LogP) is 7.84. The summed E-state index contributed by atoms with van der Waals surface area (Å²) >= 11 is 1.31. The van der Waals surface area contributed by atoms with Crippen molar-refractivity contribution < 1.29 is 22.0 Å². The van der Waals surface area contributed by atoms with E-state index in [1.54, 1.807) is 13.0 Å². The van der Waals surface area contributed by atoms with Crippen LogP contribution in [0.15, 0.2) is 82.6 Å². The maximum atomic E-state index is 15.1. The number of fused-ring (bicyclic) bond motifs is 1. The maximum absolute atomic E-state index is 15.1. The molecule has 2 heterocycles. The van der Waals surface area contributed by atoms with Crippen molar-refractivity contribution in [3.05, 3.63) is 123 Å². The number of halogens is 5. The zero-order valence-electron chi connectivity index (χ0n) is 22.0. The van der Waals surface area contributed by atoms with Crippen molar-refractivity contribution in [2.45, 2.75) is 55.2 Å². The first kappa shape index (κ1) is 28.1. The molecule has 40 heavy (non-hydrogen) atoms. The van der Waals surface area contributed by atoms with Gasteiger partial charge in [-0.05, 0) is 55.7 Å². The number of alkyl halides is 3. The average Bonchev–Trinajstić information content (AvgIpc) is 3.18. The number of hydrogen-bond acceptors (Lipinski definition) is 3. The molecule has 0 bridgehead atoms. The van der Waals surface area contributed by atoms with Crippen molar-refractivity contribution in [3.63, 3.8) is 0 Å². The van der Waals surface area contributed by atoms with Crippen molar-refractivity contribution in [1.82, 2.24) is 4.57 Å². The topological polar surface area (TPSA) is 48.0 Å². The quantitative estimate of drug-likeness (QED) is 0.249. The fourth-order valence-electron chi connectivity index (χ4n) is 5.63. The summed E-state index contributed by atoms with van der Waals surface area (Å²) in [7, 11) is 0. The van der Waals surface area contributed by atoms with Crippen molar-refractivity contribution in [1.29, 1.82) is 0 Å². The Kier molecular flexibility index (Phi) is 7.17. The number of hydrogen-bond donors (Lipinski definition) is 1. The van der Waals surface area contributed by atoms with Gasteiger partial charge >= 0.3 is 6.18 Å². The first-order valence-electron chi connectivity index (χ1n) is 12.7. The molecule has 5 rings (SSSR count). The Bertz CT molecular complexity index is 1650. The first-order valence-corrected chi connectivity index (χ1v) is 13.5. The summed E-state index contributed by atoms with van der Waals surface area (Å²) in [6.45, 7) is 5.39.